The summed E-state index contributed by atoms with van der Waals surface area (Å²) in [5.74, 6) is -1.73. The maximum absolute atomic E-state index is 11.6. The van der Waals surface area contributed by atoms with E-state index in [1.54, 1.807) is 13.1 Å². The van der Waals surface area contributed by atoms with Gasteiger partial charge in [-0.05, 0) is 12.1 Å². The second kappa shape index (κ2) is 5.72. The monoisotopic (exact) mass is 250 g/mol. The number of nitrogens with zero attached hydrogens (tertiary/aromatic N) is 1. The molecule has 1 aromatic rings. The van der Waals surface area contributed by atoms with Gasteiger partial charge >= 0.3 is 12.0 Å². The van der Waals surface area contributed by atoms with Gasteiger partial charge in [0.2, 0.25) is 0 Å². The Bertz CT molecular complexity index is 485. The van der Waals surface area contributed by atoms with Crippen LogP contribution in [-0.2, 0) is 0 Å². The smallest absolute Gasteiger partial charge is 0.339 e. The zero-order valence-corrected chi connectivity index (χ0v) is 9.88. The number of carboxylic acid groups (broad SMARTS) is 1. The van der Waals surface area contributed by atoms with E-state index in [1.165, 1.54) is 23.1 Å². The Labute approximate surface area is 104 Å². The zero-order valence-electron chi connectivity index (χ0n) is 9.88. The number of rotatable bonds is 4. The number of aromatic carboxylic acids is 1. The molecule has 96 valence electrons. The van der Waals surface area contributed by atoms with E-state index in [1.807, 2.05) is 0 Å². The van der Waals surface area contributed by atoms with Crippen LogP contribution in [0.3, 0.4) is 0 Å². The molecule has 0 atom stereocenters. The molecule has 6 heteroatoms. The number of likely N-dealkylation sites (N-methyl/N-ethyl adjacent to an activating group) is 1. The molecule has 0 spiro atoms. The Kier molecular flexibility index (Phi) is 4.31. The molecule has 3 N–H and O–H groups in total. The number of anilines is 1. The van der Waals surface area contributed by atoms with Gasteiger partial charge in [0.15, 0.2) is 5.75 Å². The van der Waals surface area contributed by atoms with Crippen molar-refractivity contribution in [1.82, 2.24) is 4.90 Å². The van der Waals surface area contributed by atoms with Crippen LogP contribution < -0.4 is 5.32 Å². The summed E-state index contributed by atoms with van der Waals surface area (Å²) in [4.78, 5) is 23.8. The molecule has 0 aliphatic carbocycles. The summed E-state index contributed by atoms with van der Waals surface area (Å²) in [5, 5.41) is 20.9. The molecular formula is C12H14N2O4. The van der Waals surface area contributed by atoms with Gasteiger partial charge in [-0.1, -0.05) is 12.1 Å². The molecule has 6 nitrogen and oxygen atoms in total. The summed E-state index contributed by atoms with van der Waals surface area (Å²) in [6, 6.07) is 3.64. The number of nitrogens with one attached hydrogen (secondary N) is 1. The average Bonchev–Trinajstić information content (AvgIpc) is 2.31. The van der Waals surface area contributed by atoms with Gasteiger partial charge in [0.05, 0.1) is 5.69 Å². The highest BCUT2D eigenvalue weighted by Crippen LogP contribution is 2.27. The molecule has 1 rings (SSSR count). The van der Waals surface area contributed by atoms with Crippen LogP contribution >= 0.6 is 0 Å². The van der Waals surface area contributed by atoms with Gasteiger partial charge in [-0.25, -0.2) is 9.59 Å². The third-order valence-electron chi connectivity index (χ3n) is 2.26. The standard InChI is InChI=1S/C12H14N2O4/c1-3-7-14(2)12(18)13-9-6-4-5-8(10(9)15)11(16)17/h3-6,15H,1,7H2,2H3,(H,13,18)(H,16,17). The van der Waals surface area contributed by atoms with Gasteiger partial charge in [-0.2, -0.15) is 0 Å². The second-order valence-corrected chi connectivity index (χ2v) is 3.61. The van der Waals surface area contributed by atoms with E-state index in [0.717, 1.165) is 0 Å². The Balaban J connectivity index is 2.92. The number of amides is 2. The molecule has 0 bridgehead atoms. The number of benzene rings is 1. The fourth-order valence-corrected chi connectivity index (χ4v) is 1.30. The van der Waals surface area contributed by atoms with Gasteiger partial charge in [-0.15, -0.1) is 6.58 Å². The summed E-state index contributed by atoms with van der Waals surface area (Å²) in [5.41, 5.74) is -0.213. The number of hydrogen-bond donors (Lipinski definition) is 3. The Morgan fingerprint density at radius 1 is 1.50 bits per heavy atom. The Morgan fingerprint density at radius 3 is 2.72 bits per heavy atom. The van der Waals surface area contributed by atoms with Gasteiger partial charge in [-0.3, -0.25) is 0 Å². The van der Waals surface area contributed by atoms with E-state index >= 15 is 0 Å². The predicted molar refractivity (Wildman–Crippen MR) is 66.9 cm³/mol. The molecule has 1 aromatic carbocycles. The van der Waals surface area contributed by atoms with Crippen molar-refractivity contribution in [2.45, 2.75) is 0 Å². The number of urea groups is 1. The minimum atomic E-state index is -1.26. The van der Waals surface area contributed by atoms with Crippen LogP contribution in [0.15, 0.2) is 30.9 Å². The van der Waals surface area contributed by atoms with Crippen LogP contribution in [0.5, 0.6) is 5.75 Å². The first kappa shape index (κ1) is 13.6. The van der Waals surface area contributed by atoms with E-state index in [-0.39, 0.29) is 11.3 Å². The largest absolute Gasteiger partial charge is 0.505 e. The van der Waals surface area contributed by atoms with Crippen LogP contribution in [-0.4, -0.2) is 40.7 Å². The normalized spacial score (nSPS) is 9.61. The summed E-state index contributed by atoms with van der Waals surface area (Å²) in [7, 11) is 1.55. The summed E-state index contributed by atoms with van der Waals surface area (Å²) < 4.78 is 0. The third kappa shape index (κ3) is 3.00. The molecule has 0 fully saturated rings. The van der Waals surface area contributed by atoms with Crippen molar-refractivity contribution in [1.29, 1.82) is 0 Å². The van der Waals surface area contributed by atoms with E-state index in [2.05, 4.69) is 11.9 Å². The van der Waals surface area contributed by atoms with E-state index in [4.69, 9.17) is 5.11 Å². The molecule has 2 amide bonds. The summed E-state index contributed by atoms with van der Waals surface area (Å²) in [6.07, 6.45) is 1.55. The molecule has 0 saturated carbocycles. The minimum absolute atomic E-state index is 0.0517. The maximum atomic E-state index is 11.6. The molecule has 0 aliphatic heterocycles. The molecular weight excluding hydrogens is 236 g/mol. The van der Waals surface area contributed by atoms with Crippen LogP contribution in [0.2, 0.25) is 0 Å². The van der Waals surface area contributed by atoms with Crippen molar-refractivity contribution in [3.8, 4) is 5.75 Å². The lowest BCUT2D eigenvalue weighted by atomic mass is 10.1. The number of hydrogen-bond acceptors (Lipinski definition) is 3. The van der Waals surface area contributed by atoms with Crippen LogP contribution in [0.25, 0.3) is 0 Å². The maximum Gasteiger partial charge on any atom is 0.339 e. The minimum Gasteiger partial charge on any atom is -0.505 e. The number of phenols is 1. The average molecular weight is 250 g/mol. The number of para-hydroxylation sites is 1. The van der Waals surface area contributed by atoms with Gasteiger partial charge in [0.1, 0.15) is 5.56 Å². The molecule has 18 heavy (non-hydrogen) atoms. The van der Waals surface area contributed by atoms with E-state index in [0.29, 0.717) is 6.54 Å². The Morgan fingerprint density at radius 2 is 2.17 bits per heavy atom. The fraction of sp³-hybridized carbons (Fsp3) is 0.167. The van der Waals surface area contributed by atoms with Gasteiger partial charge in [0.25, 0.3) is 0 Å². The fourth-order valence-electron chi connectivity index (χ4n) is 1.30. The highest BCUT2D eigenvalue weighted by Gasteiger charge is 2.15. The lowest BCUT2D eigenvalue weighted by Crippen LogP contribution is -2.31. The molecule has 0 heterocycles. The van der Waals surface area contributed by atoms with Crippen molar-refractivity contribution in [2.24, 2.45) is 0 Å². The topological polar surface area (TPSA) is 89.9 Å². The Hall–Kier alpha value is -2.50. The highest BCUT2D eigenvalue weighted by molar-refractivity contribution is 5.97. The second-order valence-electron chi connectivity index (χ2n) is 3.61. The third-order valence-corrected chi connectivity index (χ3v) is 2.26. The molecule has 0 saturated heterocycles. The van der Waals surface area contributed by atoms with Crippen LogP contribution in [0, 0.1) is 0 Å². The van der Waals surface area contributed by atoms with Gasteiger partial charge in [0, 0.05) is 13.6 Å². The first-order chi connectivity index (χ1) is 8.47. The number of aromatic hydroxyl groups is 1. The van der Waals surface area contributed by atoms with E-state index < -0.39 is 17.7 Å². The number of carboxylic acids is 1. The first-order valence-electron chi connectivity index (χ1n) is 5.15. The lowest BCUT2D eigenvalue weighted by molar-refractivity contribution is 0.0693. The summed E-state index contributed by atoms with van der Waals surface area (Å²) >= 11 is 0. The van der Waals surface area contributed by atoms with Gasteiger partial charge < -0.3 is 20.4 Å². The SMILES string of the molecule is C=CCN(C)C(=O)Nc1cccc(C(=O)O)c1O. The first-order valence-corrected chi connectivity index (χ1v) is 5.15. The quantitative estimate of drug-likeness (QED) is 0.561. The number of carbonyl (C=O) groups excluding carboxylic acids is 1. The van der Waals surface area contributed by atoms with Crippen LogP contribution in [0.1, 0.15) is 10.4 Å². The number of carbonyl (C=O) groups is 2. The van der Waals surface area contributed by atoms with Crippen molar-refractivity contribution >= 4 is 17.7 Å². The summed E-state index contributed by atoms with van der Waals surface area (Å²) in [6.45, 7) is 3.83. The predicted octanol–water partition coefficient (Wildman–Crippen LogP) is 1.74. The lowest BCUT2D eigenvalue weighted by Gasteiger charge is -2.16. The molecule has 0 radical (unpaired) electrons. The molecule has 0 unspecified atom stereocenters. The molecule has 0 aliphatic rings. The molecule has 0 aromatic heterocycles. The van der Waals surface area contributed by atoms with Crippen molar-refractivity contribution in [3.63, 3.8) is 0 Å². The van der Waals surface area contributed by atoms with Crippen molar-refractivity contribution < 1.29 is 19.8 Å². The highest BCUT2D eigenvalue weighted by atomic mass is 16.4. The van der Waals surface area contributed by atoms with Crippen molar-refractivity contribution in [3.05, 3.63) is 36.4 Å². The zero-order chi connectivity index (χ0) is 13.7. The van der Waals surface area contributed by atoms with Crippen molar-refractivity contribution in [2.75, 3.05) is 18.9 Å². The van der Waals surface area contributed by atoms with Crippen LogP contribution in [0.4, 0.5) is 10.5 Å². The van der Waals surface area contributed by atoms with E-state index in [9.17, 15) is 14.7 Å².